The van der Waals surface area contributed by atoms with Gasteiger partial charge in [-0.2, -0.15) is 5.10 Å². The molecule has 0 saturated carbocycles. The number of carbonyl (C=O) groups excluding carboxylic acids is 2. The maximum Gasteiger partial charge on any atom is 0.353 e. The third-order valence-electron chi connectivity index (χ3n) is 4.29. The molecule has 1 aromatic heterocycles. The highest BCUT2D eigenvalue weighted by atomic mass is 32.2. The van der Waals surface area contributed by atoms with E-state index in [1.807, 2.05) is 0 Å². The number of nitrogens with two attached hydrogens (primary N) is 2. The number of fused-ring (bicyclic) bond motifs is 1. The lowest BCUT2D eigenvalue weighted by Gasteiger charge is -2.49. The zero-order chi connectivity index (χ0) is 23.4. The molecule has 2 amide bonds. The molecule has 7 N–H and O–H groups in total. The van der Waals surface area contributed by atoms with Gasteiger partial charge in [0.2, 0.25) is 5.96 Å². The number of anilines is 1. The number of nitrogens with one attached hydrogen (secondary N) is 2. The number of aromatic nitrogens is 1. The van der Waals surface area contributed by atoms with E-state index in [0.717, 1.165) is 16.2 Å². The third kappa shape index (κ3) is 4.50. The quantitative estimate of drug-likeness (QED) is 0.129. The maximum absolute atomic E-state index is 12.7. The molecule has 3 heterocycles. The Morgan fingerprint density at radius 2 is 2.22 bits per heavy atom. The number of β-lactam (4-membered cyclic amide) rings is 1. The number of carboxylic acid groups (broad SMARTS) is 1. The number of nitrogen functional groups attached to an aromatic ring is 1. The number of guanidine groups is 1. The molecule has 14 nitrogen and oxygen atoms in total. The molecule has 2 aliphatic heterocycles. The second-order valence-corrected chi connectivity index (χ2v) is 8.21. The summed E-state index contributed by atoms with van der Waals surface area (Å²) in [5.41, 5.74) is 13.6. The van der Waals surface area contributed by atoms with Crippen LogP contribution in [-0.4, -0.2) is 82.0 Å². The fourth-order valence-electron chi connectivity index (χ4n) is 2.87. The minimum absolute atomic E-state index is 0.0401. The molecule has 2 atom stereocenters. The summed E-state index contributed by atoms with van der Waals surface area (Å²) >= 11 is 2.38. The van der Waals surface area contributed by atoms with Gasteiger partial charge in [0.05, 0.1) is 6.21 Å². The SMILES string of the molecule is CN=C(N)NN=CC1=C(C(=O)O)N2C(=O)[C@@H](NC(=O)C(=NOC)c3csc(N)n3)[C@H]2SC1. The van der Waals surface area contributed by atoms with Gasteiger partial charge in [-0.3, -0.25) is 19.5 Å². The molecule has 170 valence electrons. The van der Waals surface area contributed by atoms with E-state index in [2.05, 4.69) is 31.0 Å². The second kappa shape index (κ2) is 9.65. The van der Waals surface area contributed by atoms with Crippen LogP contribution in [-0.2, 0) is 19.2 Å². The number of nitrogens with zero attached hydrogens (tertiary/aromatic N) is 5. The Hall–Kier alpha value is -3.66. The van der Waals surface area contributed by atoms with Crippen molar-refractivity contribution < 1.29 is 24.3 Å². The highest BCUT2D eigenvalue weighted by Gasteiger charge is 2.54. The molecule has 0 radical (unpaired) electrons. The molecule has 0 aliphatic carbocycles. The first-order valence-corrected chi connectivity index (χ1v) is 10.8. The van der Waals surface area contributed by atoms with Crippen LogP contribution in [0.25, 0.3) is 0 Å². The maximum atomic E-state index is 12.7. The smallest absolute Gasteiger partial charge is 0.353 e. The molecule has 0 aromatic carbocycles. The number of rotatable bonds is 7. The van der Waals surface area contributed by atoms with Gasteiger partial charge in [0.1, 0.15) is 29.9 Å². The number of carbonyl (C=O) groups is 3. The fraction of sp³-hybridized carbons (Fsp3) is 0.312. The predicted octanol–water partition coefficient (Wildman–Crippen LogP) is -1.67. The van der Waals surface area contributed by atoms with Gasteiger partial charge in [0.25, 0.3) is 11.8 Å². The van der Waals surface area contributed by atoms with E-state index in [0.29, 0.717) is 5.57 Å². The molecule has 32 heavy (non-hydrogen) atoms. The number of oxime groups is 1. The van der Waals surface area contributed by atoms with E-state index in [4.69, 9.17) is 16.3 Å². The van der Waals surface area contributed by atoms with Crippen LogP contribution >= 0.6 is 23.1 Å². The van der Waals surface area contributed by atoms with Crippen LogP contribution in [0, 0.1) is 0 Å². The average molecular weight is 482 g/mol. The van der Waals surface area contributed by atoms with Crippen molar-refractivity contribution in [3.8, 4) is 0 Å². The number of hydrazone groups is 1. The zero-order valence-corrected chi connectivity index (χ0v) is 18.4. The Bertz CT molecular complexity index is 1060. The van der Waals surface area contributed by atoms with Gasteiger partial charge in [-0.1, -0.05) is 5.16 Å². The topological polar surface area (TPSA) is 210 Å². The van der Waals surface area contributed by atoms with Crippen LogP contribution in [0.2, 0.25) is 0 Å². The van der Waals surface area contributed by atoms with E-state index in [-0.39, 0.29) is 33.9 Å². The Labute approximate surface area is 189 Å². The van der Waals surface area contributed by atoms with E-state index >= 15 is 0 Å². The lowest BCUT2D eigenvalue weighted by Crippen LogP contribution is -2.71. The third-order valence-corrected chi connectivity index (χ3v) is 6.27. The van der Waals surface area contributed by atoms with Gasteiger partial charge >= 0.3 is 5.97 Å². The largest absolute Gasteiger partial charge is 0.477 e. The minimum Gasteiger partial charge on any atom is -0.477 e. The predicted molar refractivity (Wildman–Crippen MR) is 119 cm³/mol. The zero-order valence-electron chi connectivity index (χ0n) is 16.8. The van der Waals surface area contributed by atoms with E-state index in [9.17, 15) is 19.5 Å². The number of thiazole rings is 1. The first-order chi connectivity index (χ1) is 15.3. The molecular formula is C16H19N9O5S2. The summed E-state index contributed by atoms with van der Waals surface area (Å²) in [6.07, 6.45) is 1.26. The van der Waals surface area contributed by atoms with Crippen molar-refractivity contribution in [2.24, 2.45) is 21.0 Å². The average Bonchev–Trinajstić information content (AvgIpc) is 3.20. The monoisotopic (exact) mass is 481 g/mol. The van der Waals surface area contributed by atoms with Crippen LogP contribution in [0.3, 0.4) is 0 Å². The number of aliphatic carboxylic acids is 1. The van der Waals surface area contributed by atoms with Crippen molar-refractivity contribution >= 4 is 63.9 Å². The molecule has 3 rings (SSSR count). The minimum atomic E-state index is -1.30. The highest BCUT2D eigenvalue weighted by Crippen LogP contribution is 2.39. The summed E-state index contributed by atoms with van der Waals surface area (Å²) < 4.78 is 0. The lowest BCUT2D eigenvalue weighted by atomic mass is 10.0. The number of amides is 2. The fourth-order valence-corrected chi connectivity index (χ4v) is 4.72. The van der Waals surface area contributed by atoms with Crippen LogP contribution in [0.4, 0.5) is 5.13 Å². The van der Waals surface area contributed by atoms with Crippen molar-refractivity contribution in [1.82, 2.24) is 20.6 Å². The van der Waals surface area contributed by atoms with Crippen molar-refractivity contribution in [2.45, 2.75) is 11.4 Å². The van der Waals surface area contributed by atoms with Crippen LogP contribution in [0.5, 0.6) is 0 Å². The molecule has 1 fully saturated rings. The van der Waals surface area contributed by atoms with Crippen molar-refractivity contribution in [3.63, 3.8) is 0 Å². The van der Waals surface area contributed by atoms with Gasteiger partial charge < -0.3 is 26.7 Å². The standard InChI is InChI=1S/C16H19N9O5S2/c1-19-15(17)23-20-3-6-4-31-13-9(12(27)25(13)10(6)14(28)29)22-11(26)8(24-30-2)7-5-32-16(18)21-7/h3,5,9,13H,4H2,1-2H3,(H2,18,21)(H,22,26)(H,28,29)(H3,17,19,23)/t9-,13-/m1/s1. The number of hydrogen-bond acceptors (Lipinski definition) is 11. The summed E-state index contributed by atoms with van der Waals surface area (Å²) in [5, 5.41) is 20.9. The van der Waals surface area contributed by atoms with Crippen LogP contribution in [0.15, 0.2) is 31.9 Å². The Balaban J connectivity index is 1.77. The van der Waals surface area contributed by atoms with Gasteiger partial charge in [-0.05, 0) is 0 Å². The van der Waals surface area contributed by atoms with Crippen molar-refractivity contribution in [3.05, 3.63) is 22.3 Å². The second-order valence-electron chi connectivity index (χ2n) is 6.21. The normalized spacial score (nSPS) is 21.3. The van der Waals surface area contributed by atoms with E-state index < -0.39 is 29.2 Å². The van der Waals surface area contributed by atoms with Gasteiger partial charge in [-0.25, -0.2) is 15.2 Å². The summed E-state index contributed by atoms with van der Waals surface area (Å²) in [6, 6.07) is -0.959. The molecule has 0 unspecified atom stereocenters. The molecule has 0 spiro atoms. The van der Waals surface area contributed by atoms with Crippen molar-refractivity contribution in [1.29, 1.82) is 0 Å². The summed E-state index contributed by atoms with van der Waals surface area (Å²) in [4.78, 5) is 50.8. The van der Waals surface area contributed by atoms with Crippen molar-refractivity contribution in [2.75, 3.05) is 25.6 Å². The number of thioether (sulfide) groups is 1. The summed E-state index contributed by atoms with van der Waals surface area (Å²) in [6.45, 7) is 0. The number of carboxylic acids is 1. The van der Waals surface area contributed by atoms with Gasteiger partial charge in [0, 0.05) is 23.8 Å². The molecule has 2 aliphatic rings. The van der Waals surface area contributed by atoms with E-state index in [1.54, 1.807) is 0 Å². The highest BCUT2D eigenvalue weighted by molar-refractivity contribution is 8.00. The van der Waals surface area contributed by atoms with E-state index in [1.165, 1.54) is 37.5 Å². The Morgan fingerprint density at radius 1 is 1.47 bits per heavy atom. The van der Waals surface area contributed by atoms with Gasteiger partial charge in [-0.15, -0.1) is 23.1 Å². The summed E-state index contributed by atoms with van der Waals surface area (Å²) in [7, 11) is 2.72. The molecule has 16 heteroatoms. The Kier molecular flexibility index (Phi) is 6.94. The summed E-state index contributed by atoms with van der Waals surface area (Å²) in [5.74, 6) is -2.32. The van der Waals surface area contributed by atoms with Crippen LogP contribution < -0.4 is 22.2 Å². The Morgan fingerprint density at radius 3 is 2.81 bits per heavy atom. The van der Waals surface area contributed by atoms with Crippen LogP contribution in [0.1, 0.15) is 5.69 Å². The number of aliphatic imine (C=N–C) groups is 1. The molecule has 1 saturated heterocycles. The molecule has 0 bridgehead atoms. The number of hydrogen-bond donors (Lipinski definition) is 5. The first kappa shape index (κ1) is 23.0. The lowest BCUT2D eigenvalue weighted by molar-refractivity contribution is -0.150. The first-order valence-electron chi connectivity index (χ1n) is 8.84. The molecule has 1 aromatic rings. The van der Waals surface area contributed by atoms with Gasteiger partial charge in [0.15, 0.2) is 10.8 Å². The molecular weight excluding hydrogens is 462 g/mol.